The van der Waals surface area contributed by atoms with Crippen molar-refractivity contribution in [3.63, 3.8) is 0 Å². The maximum Gasteiger partial charge on any atom is 0.0569 e. The molecule has 0 bridgehead atoms. The minimum absolute atomic E-state index is 0. The number of aliphatic hydroxyl groups is 1. The molecule has 1 spiro atoms. The van der Waals surface area contributed by atoms with Gasteiger partial charge in [-0.2, -0.15) is 0 Å². The van der Waals surface area contributed by atoms with Gasteiger partial charge in [0.25, 0.3) is 0 Å². The van der Waals surface area contributed by atoms with E-state index >= 15 is 0 Å². The molecule has 2 fully saturated rings. The topological polar surface area (TPSA) is 32.7 Å². The summed E-state index contributed by atoms with van der Waals surface area (Å²) in [7, 11) is 0. The van der Waals surface area contributed by atoms with Crippen LogP contribution in [0.15, 0.2) is 0 Å². The van der Waals surface area contributed by atoms with Crippen molar-refractivity contribution in [1.29, 1.82) is 0 Å². The molecule has 2 heterocycles. The molecule has 2 aliphatic heterocycles. The van der Waals surface area contributed by atoms with Crippen LogP contribution in [0.2, 0.25) is 0 Å². The number of likely N-dealkylation sites (tertiary alicyclic amines) is 1. The van der Waals surface area contributed by atoms with Gasteiger partial charge in [-0.05, 0) is 0 Å². The van der Waals surface area contributed by atoms with Crippen LogP contribution in [0, 0.1) is 5.41 Å². The van der Waals surface area contributed by atoms with E-state index in [2.05, 4.69) is 4.90 Å². The van der Waals surface area contributed by atoms with Crippen molar-refractivity contribution in [2.45, 2.75) is 13.8 Å². The van der Waals surface area contributed by atoms with E-state index in [1.54, 1.807) is 0 Å². The number of aliphatic hydroxyl groups excluding tert-OH is 1. The van der Waals surface area contributed by atoms with Gasteiger partial charge < -0.3 is 9.84 Å². The molecule has 75 valence electrons. The van der Waals surface area contributed by atoms with E-state index in [-0.39, 0.29) is 39.3 Å². The molecule has 4 heteroatoms. The molecule has 0 aliphatic carbocycles. The predicted octanol–water partition coefficient (Wildman–Crippen LogP) is 0.335. The molecule has 3 nitrogen and oxygen atoms in total. The molecule has 0 saturated carbocycles. The van der Waals surface area contributed by atoms with E-state index in [0.29, 0.717) is 5.41 Å². The Balaban J connectivity index is 0.000000451. The zero-order valence-corrected chi connectivity index (χ0v) is 11.5. The van der Waals surface area contributed by atoms with Crippen molar-refractivity contribution in [2.24, 2.45) is 5.41 Å². The van der Waals surface area contributed by atoms with Gasteiger partial charge >= 0.3 is 0 Å². The molecule has 0 atom stereocenters. The molecule has 13 heavy (non-hydrogen) atoms. The minimum atomic E-state index is 0. The van der Waals surface area contributed by atoms with Crippen LogP contribution >= 0.6 is 0 Å². The van der Waals surface area contributed by atoms with Crippen molar-refractivity contribution in [3.8, 4) is 0 Å². The summed E-state index contributed by atoms with van der Waals surface area (Å²) in [5.74, 6) is 0. The summed E-state index contributed by atoms with van der Waals surface area (Å²) in [5, 5.41) is 8.59. The van der Waals surface area contributed by atoms with Crippen LogP contribution < -0.4 is 0 Å². The quantitative estimate of drug-likeness (QED) is 0.778. The number of nitrogens with zero attached hydrogens (tertiary/aromatic N) is 1. The summed E-state index contributed by atoms with van der Waals surface area (Å²) in [5.41, 5.74) is 0.509. The van der Waals surface area contributed by atoms with E-state index < -0.39 is 0 Å². The number of ether oxygens (including phenoxy) is 1. The number of rotatable bonds is 2. The monoisotopic (exact) mass is 262 g/mol. The normalized spacial score (nSPS) is 23.3. The van der Waals surface area contributed by atoms with Gasteiger partial charge in [0.15, 0.2) is 0 Å². The summed E-state index contributed by atoms with van der Waals surface area (Å²) < 4.78 is 5.12. The Morgan fingerprint density at radius 3 is 2.15 bits per heavy atom. The van der Waals surface area contributed by atoms with Crippen molar-refractivity contribution in [1.82, 2.24) is 4.90 Å². The first-order valence-electron chi connectivity index (χ1n) is 4.76. The average molecular weight is 262 g/mol. The smallest absolute Gasteiger partial charge is 0.0569 e. The minimum Gasteiger partial charge on any atom is -0.395 e. The number of hydrogen-bond acceptors (Lipinski definition) is 3. The SMILES string of the molecule is CC.OCCN1CC2(COC2)C1.[Y]. The second-order valence-electron chi connectivity index (χ2n) is 3.43. The van der Waals surface area contributed by atoms with Crippen molar-refractivity contribution >= 4 is 0 Å². The zero-order chi connectivity index (χ0) is 9.03. The van der Waals surface area contributed by atoms with Crippen LogP contribution in [-0.2, 0) is 37.4 Å². The molecule has 0 aromatic heterocycles. The van der Waals surface area contributed by atoms with Crippen LogP contribution in [0.1, 0.15) is 13.8 Å². The third-order valence-electron chi connectivity index (χ3n) is 2.35. The molecule has 1 radical (unpaired) electrons. The molecule has 2 saturated heterocycles. The molecule has 2 rings (SSSR count). The maximum absolute atomic E-state index is 8.59. The molecule has 0 aromatic rings. The maximum atomic E-state index is 8.59. The van der Waals surface area contributed by atoms with Gasteiger partial charge in [0.05, 0.1) is 19.8 Å². The first-order valence-corrected chi connectivity index (χ1v) is 4.76. The summed E-state index contributed by atoms with van der Waals surface area (Å²) in [4.78, 5) is 2.27. The van der Waals surface area contributed by atoms with E-state index in [1.165, 1.54) is 0 Å². The number of hydrogen-bond donors (Lipinski definition) is 1. The molecule has 0 unspecified atom stereocenters. The second-order valence-corrected chi connectivity index (χ2v) is 3.43. The summed E-state index contributed by atoms with van der Waals surface area (Å²) in [6.07, 6.45) is 0. The van der Waals surface area contributed by atoms with Crippen LogP contribution in [-0.4, -0.2) is 49.5 Å². The molecule has 2 aliphatic rings. The fraction of sp³-hybridized carbons (Fsp3) is 1.00. The van der Waals surface area contributed by atoms with Crippen LogP contribution in [0.5, 0.6) is 0 Å². The van der Waals surface area contributed by atoms with Crippen molar-refractivity contribution in [2.75, 3.05) is 39.5 Å². The second kappa shape index (κ2) is 6.46. The molecule has 0 aromatic carbocycles. The Morgan fingerprint density at radius 1 is 1.31 bits per heavy atom. The largest absolute Gasteiger partial charge is 0.395 e. The summed E-state index contributed by atoms with van der Waals surface area (Å²) >= 11 is 0. The molecular weight excluding hydrogens is 243 g/mol. The third-order valence-corrected chi connectivity index (χ3v) is 2.35. The van der Waals surface area contributed by atoms with Gasteiger partial charge in [-0.3, -0.25) is 4.90 Å². The van der Waals surface area contributed by atoms with Gasteiger partial charge in [0.1, 0.15) is 0 Å². The molecule has 0 amide bonds. The van der Waals surface area contributed by atoms with Gasteiger partial charge in [-0.25, -0.2) is 0 Å². The Kier molecular flexibility index (Phi) is 6.95. The summed E-state index contributed by atoms with van der Waals surface area (Å²) in [6.45, 7) is 9.27. The van der Waals surface area contributed by atoms with E-state index in [0.717, 1.165) is 32.8 Å². The standard InChI is InChI=1S/C7H13NO2.C2H6.Y/c9-2-1-8-3-7(4-8)5-10-6-7;1-2;/h9H,1-6H2;1-2H3;. The van der Waals surface area contributed by atoms with E-state index in [9.17, 15) is 0 Å². The van der Waals surface area contributed by atoms with Crippen LogP contribution in [0.25, 0.3) is 0 Å². The van der Waals surface area contributed by atoms with E-state index in [4.69, 9.17) is 9.84 Å². The van der Waals surface area contributed by atoms with Gasteiger partial charge in [-0.1, -0.05) is 13.8 Å². The Morgan fingerprint density at radius 2 is 1.85 bits per heavy atom. The first kappa shape index (κ1) is 14.0. The third kappa shape index (κ3) is 3.24. The van der Waals surface area contributed by atoms with E-state index in [1.807, 2.05) is 13.8 Å². The first-order chi connectivity index (χ1) is 5.85. The summed E-state index contributed by atoms with van der Waals surface area (Å²) in [6, 6.07) is 0. The molecule has 1 N–H and O–H groups in total. The molecular formula is C9H19NO2Y. The number of β-amino-alcohol motifs (C(OH)–C–C–N with tert-alkyl or cyclic N) is 1. The van der Waals surface area contributed by atoms with Gasteiger partial charge in [0, 0.05) is 57.8 Å². The Labute approximate surface area is 106 Å². The van der Waals surface area contributed by atoms with Gasteiger partial charge in [0.2, 0.25) is 0 Å². The van der Waals surface area contributed by atoms with Crippen LogP contribution in [0.4, 0.5) is 0 Å². The fourth-order valence-electron chi connectivity index (χ4n) is 1.78. The van der Waals surface area contributed by atoms with Crippen LogP contribution in [0.3, 0.4) is 0 Å². The Hall–Kier alpha value is 0.984. The zero-order valence-electron chi connectivity index (χ0n) is 8.62. The van der Waals surface area contributed by atoms with Gasteiger partial charge in [-0.15, -0.1) is 0 Å². The fourth-order valence-corrected chi connectivity index (χ4v) is 1.78. The average Bonchev–Trinajstić information content (AvgIpc) is 1.96. The predicted molar refractivity (Wildman–Crippen MR) is 48.1 cm³/mol. The van der Waals surface area contributed by atoms with Crippen molar-refractivity contribution in [3.05, 3.63) is 0 Å². The van der Waals surface area contributed by atoms with Crippen molar-refractivity contribution < 1.29 is 42.6 Å². The Bertz CT molecular complexity index is 132.